The fraction of sp³-hybridized carbons (Fsp3) is 0.389. The highest BCUT2D eigenvalue weighted by Crippen LogP contribution is 2.32. The second kappa shape index (κ2) is 6.08. The second-order valence-corrected chi connectivity index (χ2v) is 6.50. The third kappa shape index (κ3) is 2.97. The van der Waals surface area contributed by atoms with Crippen LogP contribution >= 0.6 is 0 Å². The minimum absolute atomic E-state index is 0.0683. The summed E-state index contributed by atoms with van der Waals surface area (Å²) < 4.78 is 0. The quantitative estimate of drug-likeness (QED) is 0.865. The Morgan fingerprint density at radius 3 is 2.52 bits per heavy atom. The Kier molecular flexibility index (Phi) is 3.79. The molecule has 118 valence electrons. The molecule has 0 saturated carbocycles. The first-order valence-electron chi connectivity index (χ1n) is 8.11. The molecule has 0 aromatic carbocycles. The summed E-state index contributed by atoms with van der Waals surface area (Å²) in [6.07, 6.45) is 5.42. The summed E-state index contributed by atoms with van der Waals surface area (Å²) in [5.41, 5.74) is 1.81. The van der Waals surface area contributed by atoms with Gasteiger partial charge in [0.05, 0.1) is 0 Å². The first kappa shape index (κ1) is 14.3. The molecular formula is C18H20N4O. The van der Waals surface area contributed by atoms with Gasteiger partial charge in [-0.25, -0.2) is 0 Å². The number of carbonyl (C=O) groups is 1. The van der Waals surface area contributed by atoms with Crippen molar-refractivity contribution in [3.05, 3.63) is 60.2 Å². The zero-order valence-electron chi connectivity index (χ0n) is 13.0. The molecule has 2 aliphatic rings. The molecule has 2 aromatic heterocycles. The minimum Gasteiger partial charge on any atom is -0.337 e. The molecule has 2 aliphatic heterocycles. The Bertz CT molecular complexity index is 662. The standard InChI is InChI=1S/C18H20N4O/c23-18(17-5-1-2-7-20-17)22-12-15-10-21(11-16(15)13-22)9-14-4-3-6-19-8-14/h1-8,15-16H,9-13H2/t15-,16+. The van der Waals surface area contributed by atoms with Gasteiger partial charge in [-0.1, -0.05) is 12.1 Å². The van der Waals surface area contributed by atoms with E-state index in [9.17, 15) is 4.79 Å². The van der Waals surface area contributed by atoms with Crippen molar-refractivity contribution in [2.24, 2.45) is 11.8 Å². The van der Waals surface area contributed by atoms with E-state index in [0.717, 1.165) is 32.7 Å². The molecule has 2 atom stereocenters. The zero-order valence-corrected chi connectivity index (χ0v) is 13.0. The van der Waals surface area contributed by atoms with Gasteiger partial charge in [0.15, 0.2) is 0 Å². The van der Waals surface area contributed by atoms with Crippen molar-refractivity contribution in [1.82, 2.24) is 19.8 Å². The molecule has 0 aliphatic carbocycles. The van der Waals surface area contributed by atoms with E-state index in [4.69, 9.17) is 0 Å². The summed E-state index contributed by atoms with van der Waals surface area (Å²) >= 11 is 0. The van der Waals surface area contributed by atoms with Crippen LogP contribution in [0.3, 0.4) is 0 Å². The monoisotopic (exact) mass is 308 g/mol. The van der Waals surface area contributed by atoms with Crippen molar-refractivity contribution in [1.29, 1.82) is 0 Å². The predicted octanol–water partition coefficient (Wildman–Crippen LogP) is 1.68. The van der Waals surface area contributed by atoms with E-state index in [1.54, 1.807) is 12.3 Å². The van der Waals surface area contributed by atoms with Crippen LogP contribution in [0, 0.1) is 11.8 Å². The van der Waals surface area contributed by atoms with Gasteiger partial charge in [0.1, 0.15) is 5.69 Å². The van der Waals surface area contributed by atoms with Crippen molar-refractivity contribution < 1.29 is 4.79 Å². The molecule has 2 fully saturated rings. The van der Waals surface area contributed by atoms with Gasteiger partial charge in [0.25, 0.3) is 5.91 Å². The van der Waals surface area contributed by atoms with E-state index in [-0.39, 0.29) is 5.91 Å². The summed E-state index contributed by atoms with van der Waals surface area (Å²) in [5.74, 6) is 1.23. The van der Waals surface area contributed by atoms with Gasteiger partial charge in [-0.2, -0.15) is 0 Å². The third-order valence-electron chi connectivity index (χ3n) is 4.86. The number of aromatic nitrogens is 2. The van der Waals surface area contributed by atoms with Gasteiger partial charge in [-0.05, 0) is 35.6 Å². The summed E-state index contributed by atoms with van der Waals surface area (Å²) in [6, 6.07) is 9.61. The maximum atomic E-state index is 12.5. The highest BCUT2D eigenvalue weighted by molar-refractivity contribution is 5.92. The maximum absolute atomic E-state index is 12.5. The Labute approximate surface area is 136 Å². The molecule has 0 radical (unpaired) electrons. The normalized spacial score (nSPS) is 23.9. The van der Waals surface area contributed by atoms with Crippen LogP contribution in [0.1, 0.15) is 16.1 Å². The number of hydrogen-bond donors (Lipinski definition) is 0. The zero-order chi connectivity index (χ0) is 15.6. The molecule has 2 saturated heterocycles. The first-order valence-corrected chi connectivity index (χ1v) is 8.11. The average molecular weight is 308 g/mol. The summed E-state index contributed by atoms with van der Waals surface area (Å²) in [7, 11) is 0. The molecule has 0 bridgehead atoms. The van der Waals surface area contributed by atoms with Crippen LogP contribution in [0.25, 0.3) is 0 Å². The predicted molar refractivity (Wildman–Crippen MR) is 86.6 cm³/mol. The van der Waals surface area contributed by atoms with E-state index in [0.29, 0.717) is 17.5 Å². The smallest absolute Gasteiger partial charge is 0.272 e. The molecule has 5 heteroatoms. The molecule has 1 amide bonds. The van der Waals surface area contributed by atoms with E-state index >= 15 is 0 Å². The number of fused-ring (bicyclic) bond motifs is 1. The van der Waals surface area contributed by atoms with Crippen LogP contribution in [0.2, 0.25) is 0 Å². The molecule has 5 nitrogen and oxygen atoms in total. The van der Waals surface area contributed by atoms with Crippen molar-refractivity contribution in [2.75, 3.05) is 26.2 Å². The van der Waals surface area contributed by atoms with Gasteiger partial charge in [0, 0.05) is 51.3 Å². The van der Waals surface area contributed by atoms with Crippen LogP contribution in [-0.4, -0.2) is 51.9 Å². The summed E-state index contributed by atoms with van der Waals surface area (Å²) in [5, 5.41) is 0. The lowest BCUT2D eigenvalue weighted by atomic mass is 10.0. The average Bonchev–Trinajstić information content (AvgIpc) is 3.14. The van der Waals surface area contributed by atoms with Gasteiger partial charge >= 0.3 is 0 Å². The van der Waals surface area contributed by atoms with Gasteiger partial charge < -0.3 is 4.90 Å². The lowest BCUT2D eigenvalue weighted by Gasteiger charge is -2.21. The number of carbonyl (C=O) groups excluding carboxylic acids is 1. The summed E-state index contributed by atoms with van der Waals surface area (Å²) in [4.78, 5) is 25.3. The fourth-order valence-electron chi connectivity index (χ4n) is 3.79. The molecule has 23 heavy (non-hydrogen) atoms. The molecule has 4 heterocycles. The van der Waals surface area contributed by atoms with Crippen molar-refractivity contribution in [3.63, 3.8) is 0 Å². The number of hydrogen-bond acceptors (Lipinski definition) is 4. The third-order valence-corrected chi connectivity index (χ3v) is 4.86. The fourth-order valence-corrected chi connectivity index (χ4v) is 3.79. The number of amides is 1. The molecule has 0 unspecified atom stereocenters. The lowest BCUT2D eigenvalue weighted by Crippen LogP contribution is -2.33. The summed E-state index contributed by atoms with van der Waals surface area (Å²) in [6.45, 7) is 4.78. The van der Waals surface area contributed by atoms with Crippen LogP contribution in [0.15, 0.2) is 48.9 Å². The number of rotatable bonds is 3. The molecule has 0 spiro atoms. The van der Waals surface area contributed by atoms with Crippen molar-refractivity contribution in [2.45, 2.75) is 6.54 Å². The number of nitrogens with zero attached hydrogens (tertiary/aromatic N) is 4. The van der Waals surface area contributed by atoms with Crippen LogP contribution in [-0.2, 0) is 6.54 Å². The topological polar surface area (TPSA) is 49.3 Å². The van der Waals surface area contributed by atoms with Crippen LogP contribution in [0.4, 0.5) is 0 Å². The second-order valence-electron chi connectivity index (χ2n) is 6.50. The first-order chi connectivity index (χ1) is 11.3. The lowest BCUT2D eigenvalue weighted by molar-refractivity contribution is 0.0767. The van der Waals surface area contributed by atoms with Gasteiger partial charge in [-0.15, -0.1) is 0 Å². The van der Waals surface area contributed by atoms with Gasteiger partial charge in [-0.3, -0.25) is 19.7 Å². The van der Waals surface area contributed by atoms with Crippen molar-refractivity contribution >= 4 is 5.91 Å². The Morgan fingerprint density at radius 1 is 1.04 bits per heavy atom. The van der Waals surface area contributed by atoms with E-state index < -0.39 is 0 Å². The Morgan fingerprint density at radius 2 is 1.87 bits per heavy atom. The highest BCUT2D eigenvalue weighted by Gasteiger charge is 2.41. The molecule has 0 N–H and O–H groups in total. The Hall–Kier alpha value is -2.27. The van der Waals surface area contributed by atoms with Crippen LogP contribution < -0.4 is 0 Å². The van der Waals surface area contributed by atoms with E-state index in [2.05, 4.69) is 20.9 Å². The largest absolute Gasteiger partial charge is 0.337 e. The van der Waals surface area contributed by atoms with E-state index in [1.807, 2.05) is 35.5 Å². The molecule has 2 aromatic rings. The number of pyridine rings is 2. The molecule has 4 rings (SSSR count). The highest BCUT2D eigenvalue weighted by atomic mass is 16.2. The number of likely N-dealkylation sites (tertiary alicyclic amines) is 2. The maximum Gasteiger partial charge on any atom is 0.272 e. The SMILES string of the molecule is O=C(c1ccccn1)N1C[C@H]2CN(Cc3cccnc3)C[C@H]2C1. The van der Waals surface area contributed by atoms with Gasteiger partial charge in [0.2, 0.25) is 0 Å². The van der Waals surface area contributed by atoms with E-state index in [1.165, 1.54) is 5.56 Å². The van der Waals surface area contributed by atoms with Crippen LogP contribution in [0.5, 0.6) is 0 Å². The van der Waals surface area contributed by atoms with Crippen molar-refractivity contribution in [3.8, 4) is 0 Å². The minimum atomic E-state index is 0.0683. The molecular weight excluding hydrogens is 288 g/mol. The Balaban J connectivity index is 1.36.